The Kier molecular flexibility index (Phi) is 4.85. The van der Waals surface area contributed by atoms with Gasteiger partial charge < -0.3 is 5.73 Å². The lowest BCUT2D eigenvalue weighted by Crippen LogP contribution is -2.25. The molecule has 0 aliphatic heterocycles. The zero-order valence-corrected chi connectivity index (χ0v) is 10.6. The molecule has 0 heterocycles. The van der Waals surface area contributed by atoms with E-state index in [1.54, 1.807) is 0 Å². The lowest BCUT2D eigenvalue weighted by molar-refractivity contribution is 0.163. The summed E-state index contributed by atoms with van der Waals surface area (Å²) in [6, 6.07) is 0. The molecule has 0 atom stereocenters. The predicted molar refractivity (Wildman–Crippen MR) is 67.7 cm³/mol. The molecule has 1 fully saturated rings. The number of hydrogen-bond acceptors (Lipinski definition) is 1. The van der Waals surface area contributed by atoms with Gasteiger partial charge in [0.2, 0.25) is 0 Å². The first kappa shape index (κ1) is 12.8. The van der Waals surface area contributed by atoms with Crippen molar-refractivity contribution in [2.24, 2.45) is 23.0 Å². The van der Waals surface area contributed by atoms with Crippen LogP contribution in [0.3, 0.4) is 0 Å². The molecule has 0 saturated heterocycles. The SMILES string of the molecule is CC(C)(C)C1CCC(/C=C/CCN)CC1. The van der Waals surface area contributed by atoms with Crippen molar-refractivity contribution in [2.45, 2.75) is 52.9 Å². The van der Waals surface area contributed by atoms with Gasteiger partial charge >= 0.3 is 0 Å². The van der Waals surface area contributed by atoms with Crippen LogP contribution in [0, 0.1) is 17.3 Å². The Morgan fingerprint density at radius 1 is 1.13 bits per heavy atom. The molecule has 1 heteroatoms. The van der Waals surface area contributed by atoms with Crippen molar-refractivity contribution in [3.05, 3.63) is 12.2 Å². The Balaban J connectivity index is 2.30. The van der Waals surface area contributed by atoms with Gasteiger partial charge in [-0.25, -0.2) is 0 Å². The quantitative estimate of drug-likeness (QED) is 0.704. The minimum absolute atomic E-state index is 0.506. The minimum Gasteiger partial charge on any atom is -0.330 e. The summed E-state index contributed by atoms with van der Waals surface area (Å²) in [6.45, 7) is 7.92. The largest absolute Gasteiger partial charge is 0.330 e. The van der Waals surface area contributed by atoms with Gasteiger partial charge in [0.25, 0.3) is 0 Å². The Morgan fingerprint density at radius 3 is 2.20 bits per heavy atom. The summed E-state index contributed by atoms with van der Waals surface area (Å²) in [7, 11) is 0. The molecule has 1 saturated carbocycles. The van der Waals surface area contributed by atoms with Crippen LogP contribution < -0.4 is 5.73 Å². The van der Waals surface area contributed by atoms with Gasteiger partial charge in [-0.2, -0.15) is 0 Å². The molecule has 1 nitrogen and oxygen atoms in total. The van der Waals surface area contributed by atoms with E-state index in [2.05, 4.69) is 32.9 Å². The molecule has 0 bridgehead atoms. The minimum atomic E-state index is 0.506. The van der Waals surface area contributed by atoms with Gasteiger partial charge in [0.15, 0.2) is 0 Å². The first-order valence-electron chi connectivity index (χ1n) is 6.40. The van der Waals surface area contributed by atoms with E-state index in [0.717, 1.165) is 24.8 Å². The number of rotatable bonds is 3. The Labute approximate surface area is 95.1 Å². The van der Waals surface area contributed by atoms with Crippen molar-refractivity contribution in [3.8, 4) is 0 Å². The molecule has 0 radical (unpaired) electrons. The maximum absolute atomic E-state index is 5.47. The van der Waals surface area contributed by atoms with Crippen molar-refractivity contribution in [2.75, 3.05) is 6.54 Å². The lowest BCUT2D eigenvalue weighted by Gasteiger charge is -2.36. The van der Waals surface area contributed by atoms with E-state index in [1.165, 1.54) is 25.7 Å². The summed E-state index contributed by atoms with van der Waals surface area (Å²) < 4.78 is 0. The van der Waals surface area contributed by atoms with E-state index in [9.17, 15) is 0 Å². The van der Waals surface area contributed by atoms with Gasteiger partial charge in [-0.15, -0.1) is 0 Å². The summed E-state index contributed by atoms with van der Waals surface area (Å²) in [5, 5.41) is 0. The predicted octanol–water partition coefficient (Wildman–Crippen LogP) is 3.74. The van der Waals surface area contributed by atoms with Crippen LogP contribution in [0.1, 0.15) is 52.9 Å². The number of allylic oxidation sites excluding steroid dienone is 1. The van der Waals surface area contributed by atoms with Gasteiger partial charge in [-0.05, 0) is 55.9 Å². The van der Waals surface area contributed by atoms with E-state index >= 15 is 0 Å². The maximum atomic E-state index is 5.47. The van der Waals surface area contributed by atoms with Crippen LogP contribution in [0.4, 0.5) is 0 Å². The van der Waals surface area contributed by atoms with Gasteiger partial charge in [0.1, 0.15) is 0 Å². The summed E-state index contributed by atoms with van der Waals surface area (Å²) in [6.07, 6.45) is 11.3. The molecule has 88 valence electrons. The third kappa shape index (κ3) is 4.38. The Hall–Kier alpha value is -0.300. The Bertz CT molecular complexity index is 192. The third-order valence-electron chi connectivity index (χ3n) is 3.74. The average molecular weight is 209 g/mol. The molecule has 2 N–H and O–H groups in total. The van der Waals surface area contributed by atoms with E-state index in [4.69, 9.17) is 5.73 Å². The highest BCUT2D eigenvalue weighted by Gasteiger charge is 2.28. The van der Waals surface area contributed by atoms with Crippen LogP contribution in [-0.2, 0) is 0 Å². The van der Waals surface area contributed by atoms with Crippen LogP contribution in [-0.4, -0.2) is 6.54 Å². The smallest absolute Gasteiger partial charge is 0.00426 e. The molecule has 0 aromatic heterocycles. The second-order valence-electron chi connectivity index (χ2n) is 5.98. The molecule has 0 aromatic rings. The van der Waals surface area contributed by atoms with Crippen LogP contribution in [0.25, 0.3) is 0 Å². The highest BCUT2D eigenvalue weighted by Crippen LogP contribution is 2.40. The second kappa shape index (κ2) is 5.69. The van der Waals surface area contributed by atoms with Crippen molar-refractivity contribution in [3.63, 3.8) is 0 Å². The van der Waals surface area contributed by atoms with Gasteiger partial charge in [0.05, 0.1) is 0 Å². The highest BCUT2D eigenvalue weighted by atomic mass is 14.5. The summed E-state index contributed by atoms with van der Waals surface area (Å²) >= 11 is 0. The van der Waals surface area contributed by atoms with Crippen LogP contribution in [0.15, 0.2) is 12.2 Å². The standard InChI is InChI=1S/C14H27N/c1-14(2,3)13-9-7-12(8-10-13)6-4-5-11-15/h4,6,12-13H,5,7-11,15H2,1-3H3/b6-4+. The molecule has 0 aromatic carbocycles. The van der Waals surface area contributed by atoms with E-state index < -0.39 is 0 Å². The molecule has 15 heavy (non-hydrogen) atoms. The molecule has 0 amide bonds. The molecular weight excluding hydrogens is 182 g/mol. The summed E-state index contributed by atoms with van der Waals surface area (Å²) in [4.78, 5) is 0. The fourth-order valence-corrected chi connectivity index (χ4v) is 2.56. The zero-order chi connectivity index (χ0) is 11.3. The first-order valence-corrected chi connectivity index (χ1v) is 6.40. The average Bonchev–Trinajstić information content (AvgIpc) is 2.18. The zero-order valence-electron chi connectivity index (χ0n) is 10.6. The van der Waals surface area contributed by atoms with Gasteiger partial charge in [0, 0.05) is 0 Å². The molecule has 1 aliphatic carbocycles. The van der Waals surface area contributed by atoms with Crippen molar-refractivity contribution >= 4 is 0 Å². The van der Waals surface area contributed by atoms with Gasteiger partial charge in [-0.1, -0.05) is 32.9 Å². The normalized spacial score (nSPS) is 28.5. The number of hydrogen-bond donors (Lipinski definition) is 1. The topological polar surface area (TPSA) is 26.0 Å². The fourth-order valence-electron chi connectivity index (χ4n) is 2.56. The molecule has 1 aliphatic rings. The van der Waals surface area contributed by atoms with Gasteiger partial charge in [-0.3, -0.25) is 0 Å². The van der Waals surface area contributed by atoms with Crippen molar-refractivity contribution in [1.82, 2.24) is 0 Å². The highest BCUT2D eigenvalue weighted by molar-refractivity contribution is 4.92. The lowest BCUT2D eigenvalue weighted by atomic mass is 9.70. The molecule has 0 unspecified atom stereocenters. The van der Waals surface area contributed by atoms with E-state index in [-0.39, 0.29) is 0 Å². The van der Waals surface area contributed by atoms with E-state index in [0.29, 0.717) is 5.41 Å². The third-order valence-corrected chi connectivity index (χ3v) is 3.74. The second-order valence-corrected chi connectivity index (χ2v) is 5.98. The van der Waals surface area contributed by atoms with Crippen LogP contribution >= 0.6 is 0 Å². The molecule has 1 rings (SSSR count). The summed E-state index contributed by atoms with van der Waals surface area (Å²) in [5.74, 6) is 1.76. The number of nitrogens with two attached hydrogens (primary N) is 1. The fraction of sp³-hybridized carbons (Fsp3) is 0.857. The summed E-state index contributed by atoms with van der Waals surface area (Å²) in [5.41, 5.74) is 5.98. The molecule has 0 spiro atoms. The van der Waals surface area contributed by atoms with Crippen molar-refractivity contribution in [1.29, 1.82) is 0 Å². The van der Waals surface area contributed by atoms with Crippen molar-refractivity contribution < 1.29 is 0 Å². The monoisotopic (exact) mass is 209 g/mol. The van der Waals surface area contributed by atoms with Crippen LogP contribution in [0.2, 0.25) is 0 Å². The van der Waals surface area contributed by atoms with Crippen LogP contribution in [0.5, 0.6) is 0 Å². The first-order chi connectivity index (χ1) is 7.04. The van der Waals surface area contributed by atoms with E-state index in [1.807, 2.05) is 0 Å². The Morgan fingerprint density at radius 2 is 1.73 bits per heavy atom. The molecular formula is C14H27N. The maximum Gasteiger partial charge on any atom is -0.00426 e.